The van der Waals surface area contributed by atoms with E-state index in [-0.39, 0.29) is 6.61 Å². The molecule has 0 heterocycles. The molecule has 0 fully saturated rings. The molecule has 0 bridgehead atoms. The number of benzene rings is 1. The summed E-state index contributed by atoms with van der Waals surface area (Å²) >= 11 is 0. The molecule has 1 rings (SSSR count). The van der Waals surface area contributed by atoms with E-state index in [1.165, 1.54) is 12.1 Å². The Kier molecular flexibility index (Phi) is 6.51. The van der Waals surface area contributed by atoms with Crippen molar-refractivity contribution in [3.8, 4) is 0 Å². The van der Waals surface area contributed by atoms with Gasteiger partial charge in [0, 0.05) is 6.54 Å². The van der Waals surface area contributed by atoms with Crippen LogP contribution in [-0.4, -0.2) is 18.9 Å². The normalized spacial score (nSPS) is 12.6. The fourth-order valence-corrected chi connectivity index (χ4v) is 1.61. The van der Waals surface area contributed by atoms with Crippen molar-refractivity contribution < 1.29 is 18.0 Å². The Labute approximate surface area is 116 Å². The van der Waals surface area contributed by atoms with Crippen LogP contribution in [0.2, 0.25) is 0 Å². The van der Waals surface area contributed by atoms with Crippen molar-refractivity contribution in [1.82, 2.24) is 0 Å². The van der Waals surface area contributed by atoms with Crippen molar-refractivity contribution in [1.29, 1.82) is 0 Å². The number of nitrogens with zero attached hydrogens (tertiary/aromatic N) is 1. The van der Waals surface area contributed by atoms with E-state index in [0.717, 1.165) is 25.0 Å². The maximum absolute atomic E-state index is 12.5. The Morgan fingerprint density at radius 2 is 1.90 bits per heavy atom. The molecule has 1 aromatic carbocycles. The molecule has 0 amide bonds. The van der Waals surface area contributed by atoms with Gasteiger partial charge in [0.25, 0.3) is 0 Å². The van der Waals surface area contributed by atoms with Gasteiger partial charge in [-0.2, -0.15) is 13.2 Å². The molecule has 0 radical (unpaired) electrons. The molecule has 20 heavy (non-hydrogen) atoms. The summed E-state index contributed by atoms with van der Waals surface area (Å²) in [5.74, 6) is 0. The zero-order valence-electron chi connectivity index (χ0n) is 11.4. The number of hydrogen-bond donors (Lipinski definition) is 1. The second kappa shape index (κ2) is 7.89. The van der Waals surface area contributed by atoms with Gasteiger partial charge in [0.1, 0.15) is 6.61 Å². The van der Waals surface area contributed by atoms with Crippen LogP contribution >= 0.6 is 0 Å². The van der Waals surface area contributed by atoms with E-state index in [1.807, 2.05) is 6.92 Å². The van der Waals surface area contributed by atoms with Crippen LogP contribution in [0, 0.1) is 0 Å². The van der Waals surface area contributed by atoms with E-state index >= 15 is 0 Å². The minimum absolute atomic E-state index is 0.288. The van der Waals surface area contributed by atoms with Gasteiger partial charge < -0.3 is 10.6 Å². The van der Waals surface area contributed by atoms with Crippen LogP contribution in [0.15, 0.2) is 29.4 Å². The summed E-state index contributed by atoms with van der Waals surface area (Å²) in [5.41, 5.74) is 5.92. The lowest BCUT2D eigenvalue weighted by Gasteiger charge is -2.09. The van der Waals surface area contributed by atoms with E-state index in [4.69, 9.17) is 10.6 Å². The first kappa shape index (κ1) is 16.5. The maximum Gasteiger partial charge on any atom is 0.416 e. The molecule has 0 aliphatic heterocycles. The topological polar surface area (TPSA) is 47.6 Å². The summed E-state index contributed by atoms with van der Waals surface area (Å²) < 4.78 is 37.5. The molecule has 2 N–H and O–H groups in total. The SMILES string of the molecule is CCCC/C(=N/OCCN)c1ccc(C(F)(F)F)cc1. The molecule has 6 heteroatoms. The third-order valence-electron chi connectivity index (χ3n) is 2.70. The van der Waals surface area contributed by atoms with Gasteiger partial charge in [-0.15, -0.1) is 0 Å². The van der Waals surface area contributed by atoms with Crippen LogP contribution in [0.25, 0.3) is 0 Å². The van der Waals surface area contributed by atoms with Crippen molar-refractivity contribution in [2.45, 2.75) is 32.4 Å². The third-order valence-corrected chi connectivity index (χ3v) is 2.70. The van der Waals surface area contributed by atoms with E-state index < -0.39 is 11.7 Å². The molecule has 0 saturated carbocycles. The lowest BCUT2D eigenvalue weighted by Crippen LogP contribution is -2.09. The maximum atomic E-state index is 12.5. The van der Waals surface area contributed by atoms with E-state index in [9.17, 15) is 13.2 Å². The highest BCUT2D eigenvalue weighted by Crippen LogP contribution is 2.29. The van der Waals surface area contributed by atoms with Crippen LogP contribution in [0.4, 0.5) is 13.2 Å². The summed E-state index contributed by atoms with van der Waals surface area (Å²) in [5, 5.41) is 3.97. The monoisotopic (exact) mass is 288 g/mol. The first-order valence-corrected chi connectivity index (χ1v) is 6.55. The zero-order chi connectivity index (χ0) is 15.0. The molecule has 0 atom stereocenters. The molecule has 112 valence electrons. The minimum atomic E-state index is -4.32. The number of oxime groups is 1. The summed E-state index contributed by atoms with van der Waals surface area (Å²) in [6.45, 7) is 2.67. The average molecular weight is 288 g/mol. The summed E-state index contributed by atoms with van der Waals surface area (Å²) in [6, 6.07) is 4.95. The second-order valence-electron chi connectivity index (χ2n) is 4.34. The molecule has 0 unspecified atom stereocenters. The Bertz CT molecular complexity index is 427. The van der Waals surface area contributed by atoms with Gasteiger partial charge in [0.2, 0.25) is 0 Å². The first-order chi connectivity index (χ1) is 9.49. The number of rotatable bonds is 7. The fourth-order valence-electron chi connectivity index (χ4n) is 1.61. The third kappa shape index (κ3) is 5.21. The van der Waals surface area contributed by atoms with Crippen molar-refractivity contribution in [2.75, 3.05) is 13.2 Å². The molecule has 0 aliphatic carbocycles. The molecular weight excluding hydrogens is 269 g/mol. The van der Waals surface area contributed by atoms with Crippen LogP contribution in [0.5, 0.6) is 0 Å². The van der Waals surface area contributed by atoms with Gasteiger partial charge in [0.15, 0.2) is 0 Å². The molecule has 0 saturated heterocycles. The first-order valence-electron chi connectivity index (χ1n) is 6.55. The van der Waals surface area contributed by atoms with Gasteiger partial charge in [-0.05, 0) is 30.5 Å². The Morgan fingerprint density at radius 1 is 1.25 bits per heavy atom. The molecule has 0 aromatic heterocycles. The van der Waals surface area contributed by atoms with Gasteiger partial charge in [-0.1, -0.05) is 30.6 Å². The molecule has 1 aromatic rings. The van der Waals surface area contributed by atoms with E-state index in [2.05, 4.69) is 5.16 Å². The summed E-state index contributed by atoms with van der Waals surface area (Å²) in [4.78, 5) is 5.03. The van der Waals surface area contributed by atoms with Crippen molar-refractivity contribution in [3.63, 3.8) is 0 Å². The molecule has 0 aliphatic rings. The standard InChI is InChI=1S/C14H19F3N2O/c1-2-3-4-13(19-20-10-9-18)11-5-7-12(8-6-11)14(15,16)17/h5-8H,2-4,9-10,18H2,1H3/b19-13-. The van der Waals surface area contributed by atoms with Gasteiger partial charge >= 0.3 is 6.18 Å². The van der Waals surface area contributed by atoms with Crippen LogP contribution in [-0.2, 0) is 11.0 Å². The molecule has 0 spiro atoms. The Hall–Kier alpha value is -1.56. The highest BCUT2D eigenvalue weighted by atomic mass is 19.4. The highest BCUT2D eigenvalue weighted by Gasteiger charge is 2.30. The number of unbranched alkanes of at least 4 members (excludes halogenated alkanes) is 1. The molecule has 3 nitrogen and oxygen atoms in total. The lowest BCUT2D eigenvalue weighted by atomic mass is 10.0. The number of alkyl halides is 3. The second-order valence-corrected chi connectivity index (χ2v) is 4.34. The Morgan fingerprint density at radius 3 is 2.40 bits per heavy atom. The van der Waals surface area contributed by atoms with Gasteiger partial charge in [-0.25, -0.2) is 0 Å². The largest absolute Gasteiger partial charge is 0.416 e. The fraction of sp³-hybridized carbons (Fsp3) is 0.500. The highest BCUT2D eigenvalue weighted by molar-refractivity contribution is 6.00. The minimum Gasteiger partial charge on any atom is -0.394 e. The van der Waals surface area contributed by atoms with E-state index in [1.54, 1.807) is 0 Å². The van der Waals surface area contributed by atoms with Crippen LogP contribution in [0.3, 0.4) is 0 Å². The quantitative estimate of drug-likeness (QED) is 0.473. The van der Waals surface area contributed by atoms with Crippen LogP contribution < -0.4 is 5.73 Å². The van der Waals surface area contributed by atoms with Crippen molar-refractivity contribution >= 4 is 5.71 Å². The summed E-state index contributed by atoms with van der Waals surface area (Å²) in [6.07, 6.45) is -1.80. The van der Waals surface area contributed by atoms with Crippen molar-refractivity contribution in [3.05, 3.63) is 35.4 Å². The zero-order valence-corrected chi connectivity index (χ0v) is 11.4. The van der Waals surface area contributed by atoms with E-state index in [0.29, 0.717) is 24.2 Å². The lowest BCUT2D eigenvalue weighted by molar-refractivity contribution is -0.137. The smallest absolute Gasteiger partial charge is 0.394 e. The number of halogens is 3. The van der Waals surface area contributed by atoms with Crippen LogP contribution in [0.1, 0.15) is 37.3 Å². The predicted octanol–water partition coefficient (Wildman–Crippen LogP) is 3.58. The van der Waals surface area contributed by atoms with Crippen molar-refractivity contribution in [2.24, 2.45) is 10.9 Å². The average Bonchev–Trinajstić information content (AvgIpc) is 2.42. The van der Waals surface area contributed by atoms with Gasteiger partial charge in [-0.3, -0.25) is 0 Å². The predicted molar refractivity (Wildman–Crippen MR) is 72.5 cm³/mol. The number of nitrogens with two attached hydrogens (primary N) is 1. The molecular formula is C14H19F3N2O. The summed E-state index contributed by atoms with van der Waals surface area (Å²) in [7, 11) is 0. The Balaban J connectivity index is 2.87. The van der Waals surface area contributed by atoms with Gasteiger partial charge in [0.05, 0.1) is 11.3 Å². The number of hydrogen-bond acceptors (Lipinski definition) is 3.